The zero-order valence-corrected chi connectivity index (χ0v) is 9.13. The Kier molecular flexibility index (Phi) is 4.86. The van der Waals surface area contributed by atoms with Gasteiger partial charge in [0.05, 0.1) is 11.6 Å². The van der Waals surface area contributed by atoms with Crippen molar-refractivity contribution in [2.45, 2.75) is 19.3 Å². The number of rotatable bonds is 5. The number of alkyl halides is 1. The molecule has 78 valence electrons. The molecule has 0 radical (unpaired) electrons. The molecule has 0 atom stereocenters. The SMILES string of the molecule is N#Cc1ccc(C(=O)CCCCCl)cc1. The average molecular weight is 222 g/mol. The number of carbonyl (C=O) groups excluding carboxylic acids is 1. The van der Waals surface area contributed by atoms with Crippen LogP contribution in [0.1, 0.15) is 35.2 Å². The lowest BCUT2D eigenvalue weighted by Gasteiger charge is -1.99. The molecule has 0 N–H and O–H groups in total. The van der Waals surface area contributed by atoms with Crippen molar-refractivity contribution in [3.63, 3.8) is 0 Å². The molecule has 0 aliphatic rings. The summed E-state index contributed by atoms with van der Waals surface area (Å²) in [4.78, 5) is 11.6. The highest BCUT2D eigenvalue weighted by atomic mass is 35.5. The van der Waals surface area contributed by atoms with Crippen molar-refractivity contribution >= 4 is 17.4 Å². The second-order valence-corrected chi connectivity index (χ2v) is 3.64. The highest BCUT2D eigenvalue weighted by molar-refractivity contribution is 6.17. The Balaban J connectivity index is 2.55. The van der Waals surface area contributed by atoms with Gasteiger partial charge in [0, 0.05) is 17.9 Å². The molecule has 0 amide bonds. The molecule has 0 aliphatic carbocycles. The minimum absolute atomic E-state index is 0.115. The van der Waals surface area contributed by atoms with E-state index in [0.717, 1.165) is 12.8 Å². The van der Waals surface area contributed by atoms with Crippen LogP contribution in [0.3, 0.4) is 0 Å². The van der Waals surface area contributed by atoms with E-state index in [1.807, 2.05) is 6.07 Å². The number of carbonyl (C=O) groups is 1. The van der Waals surface area contributed by atoms with Crippen LogP contribution in [0.4, 0.5) is 0 Å². The summed E-state index contributed by atoms with van der Waals surface area (Å²) in [6.07, 6.45) is 2.21. The number of hydrogen-bond acceptors (Lipinski definition) is 2. The topological polar surface area (TPSA) is 40.9 Å². The van der Waals surface area contributed by atoms with Crippen LogP contribution in [0, 0.1) is 11.3 Å². The van der Waals surface area contributed by atoms with Gasteiger partial charge in [-0.1, -0.05) is 12.1 Å². The first-order valence-corrected chi connectivity index (χ1v) is 5.40. The zero-order chi connectivity index (χ0) is 11.1. The van der Waals surface area contributed by atoms with Crippen molar-refractivity contribution in [2.24, 2.45) is 0 Å². The zero-order valence-electron chi connectivity index (χ0n) is 8.37. The van der Waals surface area contributed by atoms with Crippen LogP contribution in [0.15, 0.2) is 24.3 Å². The molecular weight excluding hydrogens is 210 g/mol. The third-order valence-corrected chi connectivity index (χ3v) is 2.39. The lowest BCUT2D eigenvalue weighted by molar-refractivity contribution is 0.0980. The largest absolute Gasteiger partial charge is 0.294 e. The summed E-state index contributed by atoms with van der Waals surface area (Å²) in [7, 11) is 0. The number of benzene rings is 1. The Morgan fingerprint density at radius 2 is 1.93 bits per heavy atom. The van der Waals surface area contributed by atoms with E-state index in [9.17, 15) is 4.79 Å². The Bertz CT molecular complexity index is 364. The maximum Gasteiger partial charge on any atom is 0.162 e. The van der Waals surface area contributed by atoms with E-state index in [1.54, 1.807) is 24.3 Å². The van der Waals surface area contributed by atoms with E-state index in [0.29, 0.717) is 23.4 Å². The van der Waals surface area contributed by atoms with Crippen molar-refractivity contribution in [3.8, 4) is 6.07 Å². The van der Waals surface area contributed by atoms with Gasteiger partial charge < -0.3 is 0 Å². The minimum atomic E-state index is 0.115. The molecule has 15 heavy (non-hydrogen) atoms. The summed E-state index contributed by atoms with van der Waals surface area (Å²) in [6, 6.07) is 8.73. The molecule has 0 aliphatic heterocycles. The van der Waals surface area contributed by atoms with Gasteiger partial charge in [0.25, 0.3) is 0 Å². The first-order chi connectivity index (χ1) is 7.27. The van der Waals surface area contributed by atoms with E-state index < -0.39 is 0 Å². The molecular formula is C12H12ClNO. The first kappa shape index (κ1) is 11.7. The van der Waals surface area contributed by atoms with Gasteiger partial charge in [-0.05, 0) is 25.0 Å². The number of halogens is 1. The number of unbranched alkanes of at least 4 members (excludes halogenated alkanes) is 1. The summed E-state index contributed by atoms with van der Waals surface area (Å²) < 4.78 is 0. The molecule has 3 heteroatoms. The number of nitriles is 1. The molecule has 0 heterocycles. The van der Waals surface area contributed by atoms with Crippen LogP contribution in [-0.4, -0.2) is 11.7 Å². The van der Waals surface area contributed by atoms with Crippen LogP contribution in [0.25, 0.3) is 0 Å². The molecule has 0 saturated carbocycles. The molecule has 1 aromatic rings. The molecule has 0 saturated heterocycles. The van der Waals surface area contributed by atoms with Gasteiger partial charge >= 0.3 is 0 Å². The maximum atomic E-state index is 11.6. The van der Waals surface area contributed by atoms with Crippen molar-refractivity contribution in [3.05, 3.63) is 35.4 Å². The van der Waals surface area contributed by atoms with Crippen molar-refractivity contribution in [2.75, 3.05) is 5.88 Å². The molecule has 0 unspecified atom stereocenters. The van der Waals surface area contributed by atoms with Gasteiger partial charge in [0.2, 0.25) is 0 Å². The van der Waals surface area contributed by atoms with Crippen molar-refractivity contribution in [1.82, 2.24) is 0 Å². The van der Waals surface area contributed by atoms with E-state index in [4.69, 9.17) is 16.9 Å². The number of nitrogens with zero attached hydrogens (tertiary/aromatic N) is 1. The molecule has 0 spiro atoms. The summed E-state index contributed by atoms with van der Waals surface area (Å²) in [5, 5.41) is 8.59. The Morgan fingerprint density at radius 3 is 2.47 bits per heavy atom. The van der Waals surface area contributed by atoms with Crippen LogP contribution in [-0.2, 0) is 0 Å². The summed E-state index contributed by atoms with van der Waals surface area (Å²) >= 11 is 5.52. The third-order valence-electron chi connectivity index (χ3n) is 2.12. The Morgan fingerprint density at radius 1 is 1.27 bits per heavy atom. The lowest BCUT2D eigenvalue weighted by atomic mass is 10.0. The summed E-state index contributed by atoms with van der Waals surface area (Å²) in [5.74, 6) is 0.713. The normalized spacial score (nSPS) is 9.60. The number of Topliss-reactive ketones (excluding diaryl/α,β-unsaturated/α-hetero) is 1. The molecule has 0 bridgehead atoms. The summed E-state index contributed by atoms with van der Waals surface area (Å²) in [6.45, 7) is 0. The van der Waals surface area contributed by atoms with Crippen LogP contribution < -0.4 is 0 Å². The van der Waals surface area contributed by atoms with Crippen LogP contribution in [0.5, 0.6) is 0 Å². The standard InChI is InChI=1S/C12H12ClNO/c13-8-2-1-3-12(15)11-6-4-10(9-14)5-7-11/h4-7H,1-3,8H2. The van der Waals surface area contributed by atoms with Gasteiger partial charge in [-0.15, -0.1) is 11.6 Å². The van der Waals surface area contributed by atoms with E-state index in [1.165, 1.54) is 0 Å². The average Bonchev–Trinajstić information content (AvgIpc) is 2.29. The van der Waals surface area contributed by atoms with Crippen LogP contribution in [0.2, 0.25) is 0 Å². The highest BCUT2D eigenvalue weighted by Crippen LogP contribution is 2.09. The van der Waals surface area contributed by atoms with E-state index in [2.05, 4.69) is 0 Å². The number of ketones is 1. The fourth-order valence-corrected chi connectivity index (χ4v) is 1.44. The van der Waals surface area contributed by atoms with Gasteiger partial charge in [0.15, 0.2) is 5.78 Å². The smallest absolute Gasteiger partial charge is 0.162 e. The predicted octanol–water partition coefficient (Wildman–Crippen LogP) is 3.15. The Hall–Kier alpha value is -1.33. The summed E-state index contributed by atoms with van der Waals surface area (Å²) in [5.41, 5.74) is 1.25. The van der Waals surface area contributed by atoms with E-state index >= 15 is 0 Å². The van der Waals surface area contributed by atoms with Crippen molar-refractivity contribution < 1.29 is 4.79 Å². The van der Waals surface area contributed by atoms with Gasteiger partial charge in [-0.2, -0.15) is 5.26 Å². The quantitative estimate of drug-likeness (QED) is 0.435. The molecule has 1 aromatic carbocycles. The second kappa shape index (κ2) is 6.21. The minimum Gasteiger partial charge on any atom is -0.294 e. The highest BCUT2D eigenvalue weighted by Gasteiger charge is 2.04. The van der Waals surface area contributed by atoms with Crippen molar-refractivity contribution in [1.29, 1.82) is 5.26 Å². The molecule has 1 rings (SSSR count). The van der Waals surface area contributed by atoms with Gasteiger partial charge in [-0.25, -0.2) is 0 Å². The fourth-order valence-electron chi connectivity index (χ4n) is 1.26. The molecule has 2 nitrogen and oxygen atoms in total. The molecule has 0 fully saturated rings. The fraction of sp³-hybridized carbons (Fsp3) is 0.333. The maximum absolute atomic E-state index is 11.6. The second-order valence-electron chi connectivity index (χ2n) is 3.26. The van der Waals surface area contributed by atoms with Gasteiger partial charge in [0.1, 0.15) is 0 Å². The van der Waals surface area contributed by atoms with Crippen LogP contribution >= 0.6 is 11.6 Å². The predicted molar refractivity (Wildman–Crippen MR) is 60.1 cm³/mol. The van der Waals surface area contributed by atoms with E-state index in [-0.39, 0.29) is 5.78 Å². The molecule has 0 aromatic heterocycles. The van der Waals surface area contributed by atoms with Gasteiger partial charge in [-0.3, -0.25) is 4.79 Å². The Labute approximate surface area is 94.5 Å². The monoisotopic (exact) mass is 221 g/mol. The lowest BCUT2D eigenvalue weighted by Crippen LogP contribution is -1.98. The first-order valence-electron chi connectivity index (χ1n) is 4.87. The third kappa shape index (κ3) is 3.73. The number of hydrogen-bond donors (Lipinski definition) is 0.